The van der Waals surface area contributed by atoms with E-state index < -0.39 is 0 Å². The van der Waals surface area contributed by atoms with Crippen LogP contribution in [0.15, 0.2) is 28.8 Å². The molecule has 2 aliphatic rings. The van der Waals surface area contributed by atoms with Crippen molar-refractivity contribution < 1.29 is 14.1 Å². The number of rotatable bonds is 5. The minimum atomic E-state index is 0.0698. The Morgan fingerprint density at radius 1 is 1.15 bits per heavy atom. The Kier molecular flexibility index (Phi) is 5.38. The molecule has 2 fully saturated rings. The van der Waals surface area contributed by atoms with Crippen LogP contribution in [0.3, 0.4) is 0 Å². The van der Waals surface area contributed by atoms with Gasteiger partial charge in [-0.25, -0.2) is 0 Å². The molecule has 2 heterocycles. The monoisotopic (exact) mass is 370 g/mol. The van der Waals surface area contributed by atoms with Gasteiger partial charge in [0.2, 0.25) is 5.89 Å². The molecule has 1 aromatic heterocycles. The van der Waals surface area contributed by atoms with Crippen LogP contribution in [-0.2, 0) is 6.54 Å². The molecule has 0 N–H and O–H groups in total. The summed E-state index contributed by atoms with van der Waals surface area (Å²) in [5.41, 5.74) is 0.698. The van der Waals surface area contributed by atoms with Crippen molar-refractivity contribution in [2.75, 3.05) is 33.3 Å². The maximum absolute atomic E-state index is 12.6. The lowest BCUT2D eigenvalue weighted by atomic mass is 10.1. The van der Waals surface area contributed by atoms with Gasteiger partial charge in [0, 0.05) is 37.7 Å². The molecule has 7 heteroatoms. The Morgan fingerprint density at radius 3 is 2.52 bits per heavy atom. The van der Waals surface area contributed by atoms with Crippen LogP contribution in [-0.4, -0.2) is 59.1 Å². The Bertz CT molecular complexity index is 760. The number of benzene rings is 1. The van der Waals surface area contributed by atoms with Crippen LogP contribution in [0.4, 0.5) is 0 Å². The van der Waals surface area contributed by atoms with Gasteiger partial charge in [-0.3, -0.25) is 9.69 Å². The quantitative estimate of drug-likeness (QED) is 0.806. The predicted molar refractivity (Wildman–Crippen MR) is 99.7 cm³/mol. The molecule has 1 aliphatic heterocycles. The summed E-state index contributed by atoms with van der Waals surface area (Å²) in [6, 6.07) is 7.28. The largest absolute Gasteiger partial charge is 0.497 e. The van der Waals surface area contributed by atoms with E-state index in [2.05, 4.69) is 15.0 Å². The van der Waals surface area contributed by atoms with Gasteiger partial charge in [0.05, 0.1) is 13.7 Å². The van der Waals surface area contributed by atoms with Crippen molar-refractivity contribution in [3.05, 3.63) is 41.5 Å². The van der Waals surface area contributed by atoms with Gasteiger partial charge in [0.1, 0.15) is 5.75 Å². The summed E-state index contributed by atoms with van der Waals surface area (Å²) in [5, 5.41) is 4.15. The Morgan fingerprint density at radius 2 is 1.85 bits per heavy atom. The van der Waals surface area contributed by atoms with Crippen molar-refractivity contribution >= 4 is 5.91 Å². The van der Waals surface area contributed by atoms with E-state index in [1.165, 1.54) is 12.8 Å². The van der Waals surface area contributed by atoms with Crippen LogP contribution >= 0.6 is 0 Å². The van der Waals surface area contributed by atoms with Crippen molar-refractivity contribution in [3.63, 3.8) is 0 Å². The summed E-state index contributed by atoms with van der Waals surface area (Å²) in [7, 11) is 1.62. The third kappa shape index (κ3) is 4.13. The van der Waals surface area contributed by atoms with Crippen molar-refractivity contribution in [2.24, 2.45) is 0 Å². The molecule has 1 aromatic carbocycles. The van der Waals surface area contributed by atoms with Crippen molar-refractivity contribution in [3.8, 4) is 5.75 Å². The summed E-state index contributed by atoms with van der Waals surface area (Å²) in [4.78, 5) is 21.4. The fourth-order valence-corrected chi connectivity index (χ4v) is 3.90. The standard InChI is InChI=1S/C20H26N4O3/c1-26-17-8-6-16(7-9-17)20(25)24-12-10-23(11-13-24)14-18-21-19(27-22-18)15-4-2-3-5-15/h6-9,15H,2-5,10-14H2,1H3. The average molecular weight is 370 g/mol. The number of ether oxygens (including phenoxy) is 1. The third-order valence-corrected chi connectivity index (χ3v) is 5.55. The Hall–Kier alpha value is -2.41. The van der Waals surface area contributed by atoms with Crippen molar-refractivity contribution in [1.82, 2.24) is 19.9 Å². The van der Waals surface area contributed by atoms with E-state index in [0.29, 0.717) is 31.1 Å². The zero-order valence-corrected chi connectivity index (χ0v) is 15.8. The number of aromatic nitrogens is 2. The highest BCUT2D eigenvalue weighted by Crippen LogP contribution is 2.32. The van der Waals surface area contributed by atoms with Crippen LogP contribution in [0.2, 0.25) is 0 Å². The van der Waals surface area contributed by atoms with E-state index in [4.69, 9.17) is 9.26 Å². The first-order valence-corrected chi connectivity index (χ1v) is 9.71. The molecule has 0 atom stereocenters. The van der Waals surface area contributed by atoms with Crippen LogP contribution in [0.5, 0.6) is 5.75 Å². The normalized spacial score (nSPS) is 18.8. The number of amides is 1. The lowest BCUT2D eigenvalue weighted by molar-refractivity contribution is 0.0624. The van der Waals surface area contributed by atoms with Gasteiger partial charge in [-0.1, -0.05) is 18.0 Å². The van der Waals surface area contributed by atoms with Crippen molar-refractivity contribution in [2.45, 2.75) is 38.1 Å². The third-order valence-electron chi connectivity index (χ3n) is 5.55. The van der Waals surface area contributed by atoms with E-state index in [1.54, 1.807) is 7.11 Å². The molecule has 144 valence electrons. The first-order valence-electron chi connectivity index (χ1n) is 9.71. The van der Waals surface area contributed by atoms with Gasteiger partial charge in [0.15, 0.2) is 5.82 Å². The van der Waals surface area contributed by atoms with E-state index in [9.17, 15) is 4.79 Å². The molecule has 7 nitrogen and oxygen atoms in total. The molecule has 1 amide bonds. The number of hydrogen-bond acceptors (Lipinski definition) is 6. The van der Waals surface area contributed by atoms with Crippen LogP contribution in [0.25, 0.3) is 0 Å². The van der Waals surface area contributed by atoms with Crippen LogP contribution in [0.1, 0.15) is 53.7 Å². The fourth-order valence-electron chi connectivity index (χ4n) is 3.90. The molecular formula is C20H26N4O3. The second-order valence-electron chi connectivity index (χ2n) is 7.33. The molecule has 1 saturated carbocycles. The molecule has 1 aliphatic carbocycles. The molecule has 0 bridgehead atoms. The highest BCUT2D eigenvalue weighted by atomic mass is 16.5. The molecule has 27 heavy (non-hydrogen) atoms. The molecule has 2 aromatic rings. The summed E-state index contributed by atoms with van der Waals surface area (Å²) in [6.45, 7) is 3.72. The van der Waals surface area contributed by atoms with E-state index in [-0.39, 0.29) is 5.91 Å². The van der Waals surface area contributed by atoms with E-state index in [1.807, 2.05) is 29.2 Å². The fraction of sp³-hybridized carbons (Fsp3) is 0.550. The zero-order valence-electron chi connectivity index (χ0n) is 15.8. The van der Waals surface area contributed by atoms with E-state index >= 15 is 0 Å². The van der Waals surface area contributed by atoms with Crippen LogP contribution < -0.4 is 4.74 Å². The molecule has 4 rings (SSSR count). The maximum Gasteiger partial charge on any atom is 0.253 e. The van der Waals surface area contributed by atoms with Crippen LogP contribution in [0, 0.1) is 0 Å². The maximum atomic E-state index is 12.6. The lowest BCUT2D eigenvalue weighted by Crippen LogP contribution is -2.48. The minimum Gasteiger partial charge on any atom is -0.497 e. The minimum absolute atomic E-state index is 0.0698. The van der Waals surface area contributed by atoms with Gasteiger partial charge >= 0.3 is 0 Å². The molecule has 0 spiro atoms. The number of hydrogen-bond donors (Lipinski definition) is 0. The smallest absolute Gasteiger partial charge is 0.253 e. The Balaban J connectivity index is 1.29. The van der Waals surface area contributed by atoms with Gasteiger partial charge in [-0.2, -0.15) is 4.98 Å². The second-order valence-corrected chi connectivity index (χ2v) is 7.33. The number of nitrogens with zero attached hydrogens (tertiary/aromatic N) is 4. The predicted octanol–water partition coefficient (Wildman–Crippen LogP) is 2.69. The average Bonchev–Trinajstić information content (AvgIpc) is 3.40. The summed E-state index contributed by atoms with van der Waals surface area (Å²) in [6.07, 6.45) is 4.83. The Labute approximate surface area is 159 Å². The first kappa shape index (κ1) is 18.0. The van der Waals surface area contributed by atoms with Gasteiger partial charge in [-0.05, 0) is 37.1 Å². The molecular weight excluding hydrogens is 344 g/mol. The van der Waals surface area contributed by atoms with Gasteiger partial charge in [0.25, 0.3) is 5.91 Å². The molecule has 1 saturated heterocycles. The molecule has 0 radical (unpaired) electrons. The second kappa shape index (κ2) is 8.08. The number of carbonyl (C=O) groups is 1. The summed E-state index contributed by atoms with van der Waals surface area (Å²) < 4.78 is 10.6. The number of carbonyl (C=O) groups excluding carboxylic acids is 1. The van der Waals surface area contributed by atoms with E-state index in [0.717, 1.165) is 43.4 Å². The number of methoxy groups -OCH3 is 1. The van der Waals surface area contributed by atoms with Crippen molar-refractivity contribution in [1.29, 1.82) is 0 Å². The zero-order chi connectivity index (χ0) is 18.6. The number of piperazine rings is 1. The first-order chi connectivity index (χ1) is 13.2. The summed E-state index contributed by atoms with van der Waals surface area (Å²) >= 11 is 0. The van der Waals surface area contributed by atoms with Gasteiger partial charge < -0.3 is 14.2 Å². The molecule has 0 unspecified atom stereocenters. The highest BCUT2D eigenvalue weighted by molar-refractivity contribution is 5.94. The lowest BCUT2D eigenvalue weighted by Gasteiger charge is -2.34. The SMILES string of the molecule is COc1ccc(C(=O)N2CCN(Cc3noc(C4CCCC4)n3)CC2)cc1. The topological polar surface area (TPSA) is 71.7 Å². The summed E-state index contributed by atoms with van der Waals surface area (Å²) in [5.74, 6) is 2.83. The van der Waals surface area contributed by atoms with Gasteiger partial charge in [-0.15, -0.1) is 0 Å². The highest BCUT2D eigenvalue weighted by Gasteiger charge is 2.25.